The van der Waals surface area contributed by atoms with Gasteiger partial charge in [0.25, 0.3) is 0 Å². The van der Waals surface area contributed by atoms with Crippen molar-refractivity contribution in [3.05, 3.63) is 35.9 Å². The summed E-state index contributed by atoms with van der Waals surface area (Å²) in [6.45, 7) is 4.47. The fourth-order valence-electron chi connectivity index (χ4n) is 3.76. The average Bonchev–Trinajstić information content (AvgIpc) is 2.62. The van der Waals surface area contributed by atoms with E-state index in [1.807, 2.05) is 0 Å². The second kappa shape index (κ2) is 12.9. The van der Waals surface area contributed by atoms with Crippen LogP contribution in [0.1, 0.15) is 96.5 Å². The summed E-state index contributed by atoms with van der Waals surface area (Å²) in [4.78, 5) is 0. The van der Waals surface area contributed by atoms with Crippen LogP contribution in [0.15, 0.2) is 30.3 Å². The van der Waals surface area contributed by atoms with Crippen molar-refractivity contribution in [1.82, 2.24) is 0 Å². The summed E-state index contributed by atoms with van der Waals surface area (Å²) in [6, 6.07) is 11.3. The van der Waals surface area contributed by atoms with Gasteiger partial charge in [0.05, 0.1) is 0 Å². The summed E-state index contributed by atoms with van der Waals surface area (Å²) in [5.41, 5.74) is 2.13. The molecule has 0 saturated heterocycles. The van der Waals surface area contributed by atoms with Crippen molar-refractivity contribution in [1.29, 1.82) is 0 Å². The van der Waals surface area contributed by atoms with Gasteiger partial charge in [-0.15, -0.1) is 11.6 Å². The molecule has 0 radical (unpaired) electrons. The van der Waals surface area contributed by atoms with Crippen LogP contribution in [0.5, 0.6) is 0 Å². The summed E-state index contributed by atoms with van der Waals surface area (Å²) in [7, 11) is 0. The molecule has 1 aromatic rings. The van der Waals surface area contributed by atoms with Crippen molar-refractivity contribution >= 4 is 11.6 Å². The van der Waals surface area contributed by atoms with Gasteiger partial charge in [0, 0.05) is 5.88 Å². The van der Waals surface area contributed by atoms with Crippen LogP contribution in [-0.2, 0) is 5.41 Å². The molecule has 1 aliphatic rings. The first-order valence-corrected chi connectivity index (χ1v) is 10.4. The maximum absolute atomic E-state index is 5.38. The average molecular weight is 337 g/mol. The van der Waals surface area contributed by atoms with Gasteiger partial charge in [-0.05, 0) is 36.7 Å². The van der Waals surface area contributed by atoms with Crippen LogP contribution in [-0.4, -0.2) is 5.88 Å². The highest BCUT2D eigenvalue weighted by molar-refractivity contribution is 6.17. The Morgan fingerprint density at radius 1 is 0.826 bits per heavy atom. The molecule has 0 nitrogen and oxygen atoms in total. The number of rotatable bonds is 8. The molecule has 1 aromatic carbocycles. The smallest absolute Gasteiger partial charge is 0.0223 e. The van der Waals surface area contributed by atoms with Gasteiger partial charge in [0.15, 0.2) is 0 Å². The van der Waals surface area contributed by atoms with E-state index in [4.69, 9.17) is 11.6 Å². The predicted molar refractivity (Wildman–Crippen MR) is 106 cm³/mol. The molecule has 0 bridgehead atoms. The topological polar surface area (TPSA) is 0 Å². The molecule has 0 N–H and O–H groups in total. The maximum Gasteiger partial charge on any atom is 0.0223 e. The lowest BCUT2D eigenvalue weighted by Crippen LogP contribution is -2.29. The number of benzene rings is 1. The molecule has 0 heterocycles. The third-order valence-corrected chi connectivity index (χ3v) is 5.46. The molecule has 0 aromatic heterocycles. The van der Waals surface area contributed by atoms with Gasteiger partial charge in [0.2, 0.25) is 0 Å². The second-order valence-electron chi connectivity index (χ2n) is 7.06. The fraction of sp³-hybridized carbons (Fsp3) is 0.727. The highest BCUT2D eigenvalue weighted by atomic mass is 35.5. The van der Waals surface area contributed by atoms with Gasteiger partial charge < -0.3 is 0 Å². The summed E-state index contributed by atoms with van der Waals surface area (Å²) in [5, 5.41) is 0. The normalized spacial score (nSPS) is 16.5. The molecule has 0 spiro atoms. The number of halogens is 1. The first kappa shape index (κ1) is 20.6. The number of hydrogen-bond donors (Lipinski definition) is 0. The summed E-state index contributed by atoms with van der Waals surface area (Å²) in [6.07, 6.45) is 16.4. The van der Waals surface area contributed by atoms with Gasteiger partial charge in [-0.3, -0.25) is 0 Å². The third-order valence-electron chi connectivity index (χ3n) is 5.19. The van der Waals surface area contributed by atoms with E-state index in [1.54, 1.807) is 5.56 Å². The van der Waals surface area contributed by atoms with E-state index in [1.165, 1.54) is 77.0 Å². The van der Waals surface area contributed by atoms with Crippen LogP contribution in [0.4, 0.5) is 0 Å². The van der Waals surface area contributed by atoms with E-state index in [0.717, 1.165) is 5.88 Å². The lowest BCUT2D eigenvalue weighted by molar-refractivity contribution is 0.266. The quantitative estimate of drug-likeness (QED) is 0.334. The molecule has 1 fully saturated rings. The third kappa shape index (κ3) is 7.75. The lowest BCUT2D eigenvalue weighted by Gasteiger charge is -2.38. The summed E-state index contributed by atoms with van der Waals surface area (Å²) < 4.78 is 0. The molecule has 1 aliphatic carbocycles. The van der Waals surface area contributed by atoms with Gasteiger partial charge in [-0.2, -0.15) is 0 Å². The standard InChI is InChI=1S/C17H26.C5H11Cl/c1-2-3-8-13-17(14-9-5-10-15-17)16-11-6-4-7-12-16;1-2-3-4-5-6/h4,6-7,11-12H,2-3,5,8-10,13-15H2,1H3;2-5H2,1H3. The monoisotopic (exact) mass is 336 g/mol. The fourth-order valence-corrected chi connectivity index (χ4v) is 3.95. The molecule has 1 saturated carbocycles. The largest absolute Gasteiger partial charge is 0.127 e. The highest BCUT2D eigenvalue weighted by Crippen LogP contribution is 2.43. The Kier molecular flexibility index (Phi) is 11.5. The molecule has 2 rings (SSSR count). The molecule has 0 amide bonds. The molecule has 132 valence electrons. The molecular formula is C22H37Cl. The molecule has 0 unspecified atom stereocenters. The lowest BCUT2D eigenvalue weighted by atomic mass is 9.66. The Morgan fingerprint density at radius 2 is 1.43 bits per heavy atom. The van der Waals surface area contributed by atoms with Crippen molar-refractivity contribution in [2.24, 2.45) is 0 Å². The van der Waals surface area contributed by atoms with Crippen molar-refractivity contribution in [3.8, 4) is 0 Å². The Hall–Kier alpha value is -0.490. The van der Waals surface area contributed by atoms with E-state index in [0.29, 0.717) is 5.41 Å². The Morgan fingerprint density at radius 3 is 1.96 bits per heavy atom. The van der Waals surface area contributed by atoms with E-state index >= 15 is 0 Å². The molecule has 1 heteroatoms. The minimum Gasteiger partial charge on any atom is -0.127 e. The van der Waals surface area contributed by atoms with E-state index < -0.39 is 0 Å². The molecular weight excluding hydrogens is 300 g/mol. The van der Waals surface area contributed by atoms with Crippen LogP contribution in [0.25, 0.3) is 0 Å². The maximum atomic E-state index is 5.38. The number of hydrogen-bond acceptors (Lipinski definition) is 0. The summed E-state index contributed by atoms with van der Waals surface area (Å²) in [5.74, 6) is 0.827. The first-order valence-electron chi connectivity index (χ1n) is 9.90. The Balaban J connectivity index is 0.000000379. The van der Waals surface area contributed by atoms with Crippen molar-refractivity contribution < 1.29 is 0 Å². The highest BCUT2D eigenvalue weighted by Gasteiger charge is 2.32. The van der Waals surface area contributed by atoms with Crippen molar-refractivity contribution in [3.63, 3.8) is 0 Å². The van der Waals surface area contributed by atoms with Crippen LogP contribution in [0.3, 0.4) is 0 Å². The van der Waals surface area contributed by atoms with Gasteiger partial charge in [-0.25, -0.2) is 0 Å². The van der Waals surface area contributed by atoms with Crippen molar-refractivity contribution in [2.45, 2.75) is 96.3 Å². The predicted octanol–water partition coefficient (Wildman–Crippen LogP) is 7.88. The van der Waals surface area contributed by atoms with Crippen molar-refractivity contribution in [2.75, 3.05) is 5.88 Å². The van der Waals surface area contributed by atoms with Gasteiger partial charge >= 0.3 is 0 Å². The SMILES string of the molecule is CCCCCC1(c2ccccc2)CCCCC1.CCCCCCl. The Bertz CT molecular complexity index is 361. The molecule has 23 heavy (non-hydrogen) atoms. The number of unbranched alkanes of at least 4 members (excludes halogenated alkanes) is 4. The van der Waals surface area contributed by atoms with Crippen LogP contribution in [0, 0.1) is 0 Å². The van der Waals surface area contributed by atoms with E-state index in [2.05, 4.69) is 44.2 Å². The van der Waals surface area contributed by atoms with Crippen LogP contribution < -0.4 is 0 Å². The van der Waals surface area contributed by atoms with Gasteiger partial charge in [-0.1, -0.05) is 95.5 Å². The van der Waals surface area contributed by atoms with Crippen LogP contribution in [0.2, 0.25) is 0 Å². The minimum atomic E-state index is 0.522. The van der Waals surface area contributed by atoms with E-state index in [-0.39, 0.29) is 0 Å². The molecule has 0 atom stereocenters. The zero-order valence-corrected chi connectivity index (χ0v) is 16.2. The minimum absolute atomic E-state index is 0.522. The zero-order valence-electron chi connectivity index (χ0n) is 15.5. The number of alkyl halides is 1. The van der Waals surface area contributed by atoms with Crippen LogP contribution >= 0.6 is 11.6 Å². The first-order chi connectivity index (χ1) is 11.3. The zero-order chi connectivity index (χ0) is 16.8. The molecule has 0 aliphatic heterocycles. The van der Waals surface area contributed by atoms with E-state index in [9.17, 15) is 0 Å². The Labute approximate surface area is 150 Å². The second-order valence-corrected chi connectivity index (χ2v) is 7.44. The van der Waals surface area contributed by atoms with Gasteiger partial charge in [0.1, 0.15) is 0 Å². The summed E-state index contributed by atoms with van der Waals surface area (Å²) >= 11 is 5.38.